The maximum Gasteiger partial charge on any atom is 0.242 e. The lowest BCUT2D eigenvalue weighted by Gasteiger charge is -2.22. The zero-order chi connectivity index (χ0) is 15.3. The predicted molar refractivity (Wildman–Crippen MR) is 81.5 cm³/mol. The lowest BCUT2D eigenvalue weighted by molar-refractivity contribution is -0.117. The van der Waals surface area contributed by atoms with Crippen molar-refractivity contribution in [1.82, 2.24) is 10.0 Å². The van der Waals surface area contributed by atoms with Crippen molar-refractivity contribution in [1.29, 1.82) is 0 Å². The van der Waals surface area contributed by atoms with Gasteiger partial charge in [0.1, 0.15) is 4.90 Å². The van der Waals surface area contributed by atoms with E-state index in [0.29, 0.717) is 18.0 Å². The minimum Gasteiger partial charge on any atom is -0.325 e. The molecule has 0 unspecified atom stereocenters. The van der Waals surface area contributed by atoms with Gasteiger partial charge in [-0.2, -0.15) is 0 Å². The smallest absolute Gasteiger partial charge is 0.242 e. The zero-order valence-corrected chi connectivity index (χ0v) is 12.9. The fourth-order valence-electron chi connectivity index (χ4n) is 2.46. The quantitative estimate of drug-likeness (QED) is 0.755. The number of hydrogen-bond donors (Lipinski definition) is 3. The van der Waals surface area contributed by atoms with Crippen LogP contribution in [-0.2, 0) is 14.8 Å². The molecule has 1 saturated heterocycles. The van der Waals surface area contributed by atoms with Gasteiger partial charge in [-0.1, -0.05) is 12.1 Å². The van der Waals surface area contributed by atoms with E-state index in [1.54, 1.807) is 18.2 Å². The molecular weight excluding hydrogens is 290 g/mol. The Morgan fingerprint density at radius 3 is 2.62 bits per heavy atom. The SMILES string of the molecule is CNS(=O)(=O)c1ccccc1NC(=O)CC1CCNCC1. The second-order valence-electron chi connectivity index (χ2n) is 5.15. The van der Waals surface area contributed by atoms with Crippen molar-refractivity contribution in [3.63, 3.8) is 0 Å². The number of carbonyl (C=O) groups excluding carboxylic acids is 1. The molecule has 1 heterocycles. The van der Waals surface area contributed by atoms with E-state index >= 15 is 0 Å². The van der Waals surface area contributed by atoms with Crippen LogP contribution in [-0.4, -0.2) is 34.5 Å². The summed E-state index contributed by atoms with van der Waals surface area (Å²) in [5.74, 6) is 0.222. The maximum atomic E-state index is 12.1. The minimum absolute atomic E-state index is 0.0890. The second kappa shape index (κ2) is 7.02. The van der Waals surface area contributed by atoms with Gasteiger partial charge in [0.2, 0.25) is 15.9 Å². The zero-order valence-electron chi connectivity index (χ0n) is 12.1. The van der Waals surface area contributed by atoms with E-state index in [-0.39, 0.29) is 10.8 Å². The Kier molecular flexibility index (Phi) is 5.33. The second-order valence-corrected chi connectivity index (χ2v) is 7.00. The molecule has 7 heteroatoms. The number of sulfonamides is 1. The number of carbonyl (C=O) groups is 1. The number of rotatable bonds is 5. The van der Waals surface area contributed by atoms with Gasteiger partial charge in [-0.25, -0.2) is 13.1 Å². The fourth-order valence-corrected chi connectivity index (χ4v) is 3.35. The number of anilines is 1. The van der Waals surface area contributed by atoms with Gasteiger partial charge in [-0.3, -0.25) is 4.79 Å². The van der Waals surface area contributed by atoms with Gasteiger partial charge >= 0.3 is 0 Å². The standard InChI is InChI=1S/C14H21N3O3S/c1-15-21(19,20)13-5-3-2-4-12(13)17-14(18)10-11-6-8-16-9-7-11/h2-5,11,15-16H,6-10H2,1H3,(H,17,18). The first-order valence-electron chi connectivity index (χ1n) is 7.06. The maximum absolute atomic E-state index is 12.1. The molecule has 116 valence electrons. The Morgan fingerprint density at radius 1 is 1.29 bits per heavy atom. The van der Waals surface area contributed by atoms with E-state index in [2.05, 4.69) is 15.4 Å². The average Bonchev–Trinajstić information content (AvgIpc) is 2.48. The van der Waals surface area contributed by atoms with Gasteiger partial charge in [-0.15, -0.1) is 0 Å². The Hall–Kier alpha value is -1.44. The number of para-hydroxylation sites is 1. The predicted octanol–water partition coefficient (Wildman–Crippen LogP) is 0.923. The summed E-state index contributed by atoms with van der Waals surface area (Å²) in [4.78, 5) is 12.2. The highest BCUT2D eigenvalue weighted by Gasteiger charge is 2.20. The summed E-state index contributed by atoms with van der Waals surface area (Å²) in [6, 6.07) is 6.41. The van der Waals surface area contributed by atoms with Crippen molar-refractivity contribution in [3.8, 4) is 0 Å². The van der Waals surface area contributed by atoms with Gasteiger partial charge in [0.15, 0.2) is 0 Å². The van der Waals surface area contributed by atoms with Crippen molar-refractivity contribution in [2.24, 2.45) is 5.92 Å². The molecule has 0 aliphatic carbocycles. The third-order valence-corrected chi connectivity index (χ3v) is 5.12. The van der Waals surface area contributed by atoms with Crippen LogP contribution < -0.4 is 15.4 Å². The summed E-state index contributed by atoms with van der Waals surface area (Å²) in [5.41, 5.74) is 0.325. The Labute approximate surface area is 125 Å². The molecule has 21 heavy (non-hydrogen) atoms. The highest BCUT2D eigenvalue weighted by atomic mass is 32.2. The van der Waals surface area contributed by atoms with E-state index < -0.39 is 10.0 Å². The largest absolute Gasteiger partial charge is 0.325 e. The summed E-state index contributed by atoms with van der Waals surface area (Å²) >= 11 is 0. The Morgan fingerprint density at radius 2 is 1.95 bits per heavy atom. The first-order chi connectivity index (χ1) is 10.0. The summed E-state index contributed by atoms with van der Waals surface area (Å²) in [6.45, 7) is 1.87. The van der Waals surface area contributed by atoms with Crippen LogP contribution in [0.1, 0.15) is 19.3 Å². The van der Waals surface area contributed by atoms with E-state index in [9.17, 15) is 13.2 Å². The molecule has 1 aromatic carbocycles. The minimum atomic E-state index is -3.58. The van der Waals surface area contributed by atoms with Crippen LogP contribution >= 0.6 is 0 Å². The molecule has 1 aliphatic rings. The molecule has 6 nitrogen and oxygen atoms in total. The molecule has 0 atom stereocenters. The molecule has 3 N–H and O–H groups in total. The molecule has 2 rings (SSSR count). The van der Waals surface area contributed by atoms with Gasteiger partial charge in [0, 0.05) is 6.42 Å². The molecule has 0 radical (unpaired) electrons. The molecule has 1 aromatic rings. The van der Waals surface area contributed by atoms with Crippen LogP contribution in [0.3, 0.4) is 0 Å². The monoisotopic (exact) mass is 311 g/mol. The summed E-state index contributed by atoms with van der Waals surface area (Å²) < 4.78 is 26.1. The van der Waals surface area contributed by atoms with Crippen molar-refractivity contribution < 1.29 is 13.2 Å². The third kappa shape index (κ3) is 4.26. The van der Waals surface area contributed by atoms with E-state index in [0.717, 1.165) is 25.9 Å². The van der Waals surface area contributed by atoms with E-state index in [1.807, 2.05) is 0 Å². The number of amides is 1. The highest BCUT2D eigenvalue weighted by Crippen LogP contribution is 2.22. The molecule has 1 aliphatic heterocycles. The van der Waals surface area contributed by atoms with Crippen LogP contribution in [0.15, 0.2) is 29.2 Å². The number of nitrogens with one attached hydrogen (secondary N) is 3. The van der Waals surface area contributed by atoms with Crippen LogP contribution in [0.4, 0.5) is 5.69 Å². The summed E-state index contributed by atoms with van der Waals surface area (Å²) in [7, 11) is -2.23. The van der Waals surface area contributed by atoms with Crippen molar-refractivity contribution in [3.05, 3.63) is 24.3 Å². The number of hydrogen-bond acceptors (Lipinski definition) is 4. The van der Waals surface area contributed by atoms with Crippen molar-refractivity contribution in [2.75, 3.05) is 25.5 Å². The van der Waals surface area contributed by atoms with Gasteiger partial charge in [0.05, 0.1) is 5.69 Å². The average molecular weight is 311 g/mol. The molecule has 0 saturated carbocycles. The lowest BCUT2D eigenvalue weighted by atomic mass is 9.94. The molecule has 0 aromatic heterocycles. The van der Waals surface area contributed by atoms with E-state index in [1.165, 1.54) is 13.1 Å². The van der Waals surface area contributed by atoms with Crippen LogP contribution in [0, 0.1) is 5.92 Å². The van der Waals surface area contributed by atoms with Gasteiger partial charge in [0.25, 0.3) is 0 Å². The Bertz CT molecular complexity index is 595. The molecule has 1 amide bonds. The lowest BCUT2D eigenvalue weighted by Crippen LogP contribution is -2.30. The number of piperidine rings is 1. The molecule has 1 fully saturated rings. The van der Waals surface area contributed by atoms with Gasteiger partial charge in [-0.05, 0) is 51.0 Å². The normalized spacial score (nSPS) is 16.6. The highest BCUT2D eigenvalue weighted by molar-refractivity contribution is 7.89. The molecule has 0 bridgehead atoms. The van der Waals surface area contributed by atoms with Crippen LogP contribution in [0.5, 0.6) is 0 Å². The van der Waals surface area contributed by atoms with Crippen molar-refractivity contribution >= 4 is 21.6 Å². The first kappa shape index (κ1) is 15.9. The topological polar surface area (TPSA) is 87.3 Å². The first-order valence-corrected chi connectivity index (χ1v) is 8.54. The van der Waals surface area contributed by atoms with Gasteiger partial charge < -0.3 is 10.6 Å². The van der Waals surface area contributed by atoms with Crippen molar-refractivity contribution in [2.45, 2.75) is 24.2 Å². The molecule has 0 spiro atoms. The van der Waals surface area contributed by atoms with E-state index in [4.69, 9.17) is 0 Å². The summed E-state index contributed by atoms with van der Waals surface area (Å²) in [6.07, 6.45) is 2.38. The van der Waals surface area contributed by atoms with Crippen LogP contribution in [0.2, 0.25) is 0 Å². The molecular formula is C14H21N3O3S. The van der Waals surface area contributed by atoms with Crippen LogP contribution in [0.25, 0.3) is 0 Å². The third-order valence-electron chi connectivity index (χ3n) is 3.65. The number of benzene rings is 1. The Balaban J connectivity index is 2.07. The summed E-state index contributed by atoms with van der Waals surface area (Å²) in [5, 5.41) is 5.97. The fraction of sp³-hybridized carbons (Fsp3) is 0.500.